The van der Waals surface area contributed by atoms with Gasteiger partial charge in [0, 0.05) is 41.9 Å². The molecule has 1 fully saturated rings. The van der Waals surface area contributed by atoms with Gasteiger partial charge in [0.05, 0.1) is 5.56 Å². The highest BCUT2D eigenvalue weighted by Crippen LogP contribution is 2.40. The number of benzene rings is 1. The summed E-state index contributed by atoms with van der Waals surface area (Å²) in [7, 11) is 0. The monoisotopic (exact) mass is 495 g/mol. The van der Waals surface area contributed by atoms with E-state index in [-0.39, 0.29) is 24.1 Å². The van der Waals surface area contributed by atoms with Crippen LogP contribution in [0.1, 0.15) is 58.4 Å². The van der Waals surface area contributed by atoms with E-state index < -0.39 is 0 Å². The number of nitrogens with zero attached hydrogens (tertiary/aromatic N) is 1. The number of carbonyl (C=O) groups excluding carboxylic acids is 3. The van der Waals surface area contributed by atoms with Gasteiger partial charge in [-0.15, -0.1) is 11.3 Å². The Morgan fingerprint density at radius 3 is 2.50 bits per heavy atom. The topological polar surface area (TPSA) is 78.5 Å². The van der Waals surface area contributed by atoms with E-state index >= 15 is 0 Å². The highest BCUT2D eigenvalue weighted by atomic mass is 32.1. The van der Waals surface area contributed by atoms with Gasteiger partial charge in [-0.25, -0.2) is 0 Å². The van der Waals surface area contributed by atoms with Crippen LogP contribution in [0.3, 0.4) is 0 Å². The summed E-state index contributed by atoms with van der Waals surface area (Å²) >= 11 is 2.93. The number of thiophene rings is 2. The number of nitrogens with one attached hydrogen (secondary N) is 2. The van der Waals surface area contributed by atoms with Gasteiger partial charge in [0.1, 0.15) is 5.00 Å². The van der Waals surface area contributed by atoms with Crippen molar-refractivity contribution in [2.75, 3.05) is 25.0 Å². The summed E-state index contributed by atoms with van der Waals surface area (Å²) in [4.78, 5) is 41.1. The van der Waals surface area contributed by atoms with Crippen molar-refractivity contribution in [3.63, 3.8) is 0 Å². The molecule has 0 radical (unpaired) electrons. The summed E-state index contributed by atoms with van der Waals surface area (Å²) in [5.74, 6) is -0.287. The molecular formula is C26H29N3O3S2. The maximum absolute atomic E-state index is 13.5. The van der Waals surface area contributed by atoms with Crippen LogP contribution < -0.4 is 10.6 Å². The number of rotatable bonds is 8. The van der Waals surface area contributed by atoms with E-state index in [0.29, 0.717) is 29.1 Å². The molecule has 0 unspecified atom stereocenters. The van der Waals surface area contributed by atoms with Gasteiger partial charge in [-0.05, 0) is 55.2 Å². The fourth-order valence-electron chi connectivity index (χ4n) is 4.11. The fraction of sp³-hybridized carbons (Fsp3) is 0.346. The van der Waals surface area contributed by atoms with Crippen LogP contribution in [0, 0.1) is 6.92 Å². The van der Waals surface area contributed by atoms with Gasteiger partial charge < -0.3 is 15.5 Å². The van der Waals surface area contributed by atoms with Crippen LogP contribution in [0.5, 0.6) is 0 Å². The zero-order valence-corrected chi connectivity index (χ0v) is 20.9. The molecule has 3 amide bonds. The Bertz CT molecular complexity index is 1130. The molecule has 1 aromatic carbocycles. The molecule has 178 valence electrons. The lowest BCUT2D eigenvalue weighted by atomic mass is 10.0. The number of amides is 3. The van der Waals surface area contributed by atoms with Crippen LogP contribution in [-0.2, 0) is 4.79 Å². The fourth-order valence-corrected chi connectivity index (χ4v) is 5.97. The van der Waals surface area contributed by atoms with Gasteiger partial charge in [-0.2, -0.15) is 11.3 Å². The first kappa shape index (κ1) is 24.2. The van der Waals surface area contributed by atoms with E-state index in [0.717, 1.165) is 48.4 Å². The second kappa shape index (κ2) is 11.4. The Balaban J connectivity index is 1.45. The summed E-state index contributed by atoms with van der Waals surface area (Å²) in [6.45, 7) is 3.89. The number of piperidine rings is 1. The van der Waals surface area contributed by atoms with Crippen LogP contribution in [0.4, 0.5) is 5.00 Å². The minimum absolute atomic E-state index is 0.00559. The third kappa shape index (κ3) is 5.74. The zero-order chi connectivity index (χ0) is 23.9. The van der Waals surface area contributed by atoms with Crippen LogP contribution >= 0.6 is 22.7 Å². The number of likely N-dealkylation sites (tertiary alicyclic amines) is 1. The molecule has 34 heavy (non-hydrogen) atoms. The molecule has 8 heteroatoms. The molecule has 2 N–H and O–H groups in total. The molecule has 2 aromatic heterocycles. The largest absolute Gasteiger partial charge is 0.352 e. The van der Waals surface area contributed by atoms with Crippen LogP contribution in [0.25, 0.3) is 10.4 Å². The molecule has 3 aromatic rings. The van der Waals surface area contributed by atoms with Crippen LogP contribution in [-0.4, -0.2) is 42.3 Å². The highest BCUT2D eigenvalue weighted by molar-refractivity contribution is 7.20. The van der Waals surface area contributed by atoms with Crippen LogP contribution in [0.2, 0.25) is 0 Å². The SMILES string of the molecule is Cc1c(-c2ccccc2)sc(NC(=O)CCCNC(=O)c2ccsc2)c1C(=O)N1CCCCC1. The smallest absolute Gasteiger partial charge is 0.257 e. The molecule has 1 aliphatic heterocycles. The molecule has 1 aliphatic rings. The van der Waals surface area contributed by atoms with Crippen molar-refractivity contribution in [3.8, 4) is 10.4 Å². The number of hydrogen-bond acceptors (Lipinski definition) is 5. The van der Waals surface area contributed by atoms with Crippen LogP contribution in [0.15, 0.2) is 47.2 Å². The van der Waals surface area contributed by atoms with Crippen molar-refractivity contribution in [2.24, 2.45) is 0 Å². The van der Waals surface area contributed by atoms with Crippen molar-refractivity contribution < 1.29 is 14.4 Å². The number of carbonyl (C=O) groups is 3. The second-order valence-electron chi connectivity index (χ2n) is 8.40. The summed E-state index contributed by atoms with van der Waals surface area (Å²) in [6.07, 6.45) is 3.96. The third-order valence-corrected chi connectivity index (χ3v) is 7.88. The molecule has 0 saturated carbocycles. The molecular weight excluding hydrogens is 466 g/mol. The Morgan fingerprint density at radius 1 is 1.03 bits per heavy atom. The summed E-state index contributed by atoms with van der Waals surface area (Å²) in [5, 5.41) is 10.1. The standard InChI is InChI=1S/C26H29N3O3S2/c1-18-22(26(32)29-14-6-3-7-15-29)25(34-23(18)19-9-4-2-5-10-19)28-21(30)11-8-13-27-24(31)20-12-16-33-17-20/h2,4-5,9-10,12,16-17H,3,6-8,11,13-15H2,1H3,(H,27,31)(H,28,30). The molecule has 0 bridgehead atoms. The van der Waals surface area contributed by atoms with E-state index in [1.165, 1.54) is 22.7 Å². The van der Waals surface area contributed by atoms with Crippen molar-refractivity contribution in [2.45, 2.75) is 39.0 Å². The van der Waals surface area contributed by atoms with Crippen molar-refractivity contribution in [1.29, 1.82) is 0 Å². The Labute approximate surface area is 208 Å². The Morgan fingerprint density at radius 2 is 1.79 bits per heavy atom. The normalized spacial score (nSPS) is 13.5. The van der Waals surface area contributed by atoms with E-state index in [2.05, 4.69) is 10.6 Å². The first-order chi connectivity index (χ1) is 16.5. The molecule has 0 spiro atoms. The van der Waals surface area contributed by atoms with E-state index in [1.807, 2.05) is 47.5 Å². The van der Waals surface area contributed by atoms with Gasteiger partial charge in [-0.3, -0.25) is 14.4 Å². The predicted octanol–water partition coefficient (Wildman–Crippen LogP) is 5.56. The van der Waals surface area contributed by atoms with Crippen molar-refractivity contribution >= 4 is 45.4 Å². The summed E-state index contributed by atoms with van der Waals surface area (Å²) in [5.41, 5.74) is 3.18. The Hall–Kier alpha value is -2.97. The quantitative estimate of drug-likeness (QED) is 0.402. The minimum Gasteiger partial charge on any atom is -0.352 e. The molecule has 0 aliphatic carbocycles. The van der Waals surface area contributed by atoms with Crippen molar-refractivity contribution in [1.82, 2.24) is 10.2 Å². The lowest BCUT2D eigenvalue weighted by Crippen LogP contribution is -2.36. The van der Waals surface area contributed by atoms with Crippen molar-refractivity contribution in [3.05, 3.63) is 63.8 Å². The molecule has 4 rings (SSSR count). The second-order valence-corrected chi connectivity index (χ2v) is 10.2. The molecule has 6 nitrogen and oxygen atoms in total. The Kier molecular flexibility index (Phi) is 8.13. The molecule has 3 heterocycles. The van der Waals surface area contributed by atoms with Gasteiger partial charge in [-0.1, -0.05) is 30.3 Å². The average molecular weight is 496 g/mol. The van der Waals surface area contributed by atoms with E-state index in [4.69, 9.17) is 0 Å². The van der Waals surface area contributed by atoms with E-state index in [1.54, 1.807) is 11.4 Å². The summed E-state index contributed by atoms with van der Waals surface area (Å²) in [6, 6.07) is 11.7. The van der Waals surface area contributed by atoms with Gasteiger partial charge in [0.15, 0.2) is 0 Å². The highest BCUT2D eigenvalue weighted by Gasteiger charge is 2.27. The maximum Gasteiger partial charge on any atom is 0.257 e. The van der Waals surface area contributed by atoms with Gasteiger partial charge >= 0.3 is 0 Å². The lowest BCUT2D eigenvalue weighted by Gasteiger charge is -2.27. The van der Waals surface area contributed by atoms with Gasteiger partial charge in [0.25, 0.3) is 11.8 Å². The predicted molar refractivity (Wildman–Crippen MR) is 139 cm³/mol. The summed E-state index contributed by atoms with van der Waals surface area (Å²) < 4.78 is 0. The zero-order valence-electron chi connectivity index (χ0n) is 19.3. The lowest BCUT2D eigenvalue weighted by molar-refractivity contribution is -0.116. The average Bonchev–Trinajstić information content (AvgIpc) is 3.51. The first-order valence-corrected chi connectivity index (χ1v) is 13.4. The third-order valence-electron chi connectivity index (χ3n) is 5.94. The number of hydrogen-bond donors (Lipinski definition) is 2. The first-order valence-electron chi connectivity index (χ1n) is 11.6. The molecule has 1 saturated heterocycles. The number of anilines is 1. The van der Waals surface area contributed by atoms with Gasteiger partial charge in [0.2, 0.25) is 5.91 Å². The molecule has 0 atom stereocenters. The minimum atomic E-state index is -0.154. The maximum atomic E-state index is 13.5. The van der Waals surface area contributed by atoms with E-state index in [9.17, 15) is 14.4 Å².